The van der Waals surface area contributed by atoms with E-state index in [1.165, 1.54) is 12.0 Å². The maximum atomic E-state index is 12.6. The number of carbonyl (C=O) groups excluding carboxylic acids is 2. The Balaban J connectivity index is 1.52. The van der Waals surface area contributed by atoms with Gasteiger partial charge >= 0.3 is 5.97 Å². The van der Waals surface area contributed by atoms with Crippen molar-refractivity contribution in [3.8, 4) is 0 Å². The number of carbonyl (C=O) groups is 2. The molecule has 4 nitrogen and oxygen atoms in total. The number of rotatable bonds is 3. The van der Waals surface area contributed by atoms with Crippen molar-refractivity contribution in [2.75, 3.05) is 6.54 Å². The second-order valence-electron chi connectivity index (χ2n) is 10.7. The Bertz CT molecular complexity index is 687. The zero-order valence-corrected chi connectivity index (χ0v) is 17.8. The summed E-state index contributed by atoms with van der Waals surface area (Å²) >= 11 is 0. The fourth-order valence-corrected chi connectivity index (χ4v) is 7.46. The molecule has 0 aliphatic heterocycles. The van der Waals surface area contributed by atoms with Gasteiger partial charge in [0.05, 0.1) is 5.92 Å². The van der Waals surface area contributed by atoms with Crippen molar-refractivity contribution < 1.29 is 14.3 Å². The Morgan fingerprint density at radius 3 is 2.71 bits per heavy atom. The highest BCUT2D eigenvalue weighted by atomic mass is 16.5. The van der Waals surface area contributed by atoms with E-state index in [-0.39, 0.29) is 28.8 Å². The standard InChI is InChI=1S/C24H37NO3/c1-14-11-17-18-5-6-21(26)24(18,4)10-8-19(17)23(3)9-7-16(12-20(14)23)28-22(27)15(2)13-25/h15-20H,1,5-13,25H2,2-4H3/t15?,16?,17-,18-,19+,20?,23+,24-/m0/s1. The van der Waals surface area contributed by atoms with Crippen LogP contribution in [0.25, 0.3) is 0 Å². The number of nitrogens with two attached hydrogens (primary N) is 1. The molecule has 4 rings (SSSR count). The quantitative estimate of drug-likeness (QED) is 0.580. The molecule has 0 aromatic heterocycles. The third-order valence-corrected chi connectivity index (χ3v) is 9.32. The predicted octanol–water partition coefficient (Wildman–Crippen LogP) is 4.27. The minimum absolute atomic E-state index is 0.00482. The van der Waals surface area contributed by atoms with Gasteiger partial charge in [-0.15, -0.1) is 0 Å². The lowest BCUT2D eigenvalue weighted by atomic mass is 9.44. The fourth-order valence-electron chi connectivity index (χ4n) is 7.46. The predicted molar refractivity (Wildman–Crippen MR) is 109 cm³/mol. The van der Waals surface area contributed by atoms with Crippen LogP contribution in [0, 0.1) is 40.4 Å². The maximum Gasteiger partial charge on any atom is 0.310 e. The topological polar surface area (TPSA) is 69.4 Å². The number of hydrogen-bond donors (Lipinski definition) is 1. The molecule has 0 spiro atoms. The number of allylic oxidation sites excluding steroid dienone is 1. The summed E-state index contributed by atoms with van der Waals surface area (Å²) in [5.41, 5.74) is 7.10. The molecule has 4 heteroatoms. The van der Waals surface area contributed by atoms with Crippen LogP contribution in [0.2, 0.25) is 0 Å². The second-order valence-corrected chi connectivity index (χ2v) is 10.7. The zero-order chi connectivity index (χ0) is 20.3. The Labute approximate surface area is 169 Å². The van der Waals surface area contributed by atoms with Gasteiger partial charge in [-0.1, -0.05) is 32.9 Å². The minimum atomic E-state index is -0.233. The van der Waals surface area contributed by atoms with Crippen LogP contribution in [0.4, 0.5) is 0 Å². The highest BCUT2D eigenvalue weighted by Crippen LogP contribution is 2.66. The van der Waals surface area contributed by atoms with E-state index in [4.69, 9.17) is 10.5 Å². The molecule has 156 valence electrons. The van der Waals surface area contributed by atoms with E-state index < -0.39 is 0 Å². The largest absolute Gasteiger partial charge is 0.462 e. The molecule has 4 saturated carbocycles. The summed E-state index contributed by atoms with van der Waals surface area (Å²) in [5.74, 6) is 2.35. The Morgan fingerprint density at radius 2 is 2.00 bits per heavy atom. The van der Waals surface area contributed by atoms with Crippen molar-refractivity contribution >= 4 is 11.8 Å². The molecule has 8 atom stereocenters. The maximum absolute atomic E-state index is 12.6. The van der Waals surface area contributed by atoms with Crippen LogP contribution in [-0.2, 0) is 14.3 Å². The van der Waals surface area contributed by atoms with Crippen LogP contribution in [0.15, 0.2) is 12.2 Å². The molecule has 4 fully saturated rings. The number of ketones is 1. The summed E-state index contributed by atoms with van der Waals surface area (Å²) in [7, 11) is 0. The summed E-state index contributed by atoms with van der Waals surface area (Å²) in [6.07, 6.45) is 8.04. The van der Waals surface area contributed by atoms with E-state index in [1.807, 2.05) is 6.92 Å². The molecule has 0 aromatic rings. The average Bonchev–Trinajstić information content (AvgIpc) is 2.97. The van der Waals surface area contributed by atoms with Crippen LogP contribution < -0.4 is 5.73 Å². The van der Waals surface area contributed by atoms with Crippen LogP contribution >= 0.6 is 0 Å². The third-order valence-electron chi connectivity index (χ3n) is 9.32. The number of fused-ring (bicyclic) bond motifs is 5. The summed E-state index contributed by atoms with van der Waals surface area (Å²) in [6.45, 7) is 11.4. The SMILES string of the molecule is C=C1C[C@@H]2[C@@H](CC[C@]3(C)C(=O)CC[C@@H]23)[C@@]2(C)CCC(OC(=O)C(C)CN)CC12. The van der Waals surface area contributed by atoms with Crippen molar-refractivity contribution in [3.63, 3.8) is 0 Å². The van der Waals surface area contributed by atoms with Crippen molar-refractivity contribution in [2.24, 2.45) is 46.2 Å². The minimum Gasteiger partial charge on any atom is -0.462 e. The van der Waals surface area contributed by atoms with E-state index in [9.17, 15) is 9.59 Å². The van der Waals surface area contributed by atoms with E-state index in [0.29, 0.717) is 36.0 Å². The first-order chi connectivity index (χ1) is 13.2. The van der Waals surface area contributed by atoms with Gasteiger partial charge in [-0.2, -0.15) is 0 Å². The second kappa shape index (κ2) is 6.97. The highest BCUT2D eigenvalue weighted by molar-refractivity contribution is 5.87. The molecule has 2 N–H and O–H groups in total. The van der Waals surface area contributed by atoms with Crippen LogP contribution in [-0.4, -0.2) is 24.4 Å². The molecule has 4 aliphatic rings. The van der Waals surface area contributed by atoms with Gasteiger partial charge in [0, 0.05) is 18.4 Å². The molecule has 0 amide bonds. The van der Waals surface area contributed by atoms with Crippen molar-refractivity contribution in [1.29, 1.82) is 0 Å². The monoisotopic (exact) mass is 387 g/mol. The first-order valence-electron chi connectivity index (χ1n) is 11.3. The lowest BCUT2D eigenvalue weighted by Gasteiger charge is -2.60. The smallest absolute Gasteiger partial charge is 0.310 e. The molecular formula is C24H37NO3. The molecule has 0 radical (unpaired) electrons. The lowest BCUT2D eigenvalue weighted by Crippen LogP contribution is -2.55. The molecular weight excluding hydrogens is 350 g/mol. The third kappa shape index (κ3) is 2.89. The van der Waals surface area contributed by atoms with Gasteiger partial charge in [-0.3, -0.25) is 9.59 Å². The number of Topliss-reactive ketones (excluding diaryl/α,β-unsaturated/α-hetero) is 1. The van der Waals surface area contributed by atoms with E-state index in [2.05, 4.69) is 20.4 Å². The molecule has 28 heavy (non-hydrogen) atoms. The molecule has 4 aliphatic carbocycles. The zero-order valence-electron chi connectivity index (χ0n) is 17.8. The van der Waals surface area contributed by atoms with Gasteiger partial charge in [0.25, 0.3) is 0 Å². The van der Waals surface area contributed by atoms with E-state index in [1.54, 1.807) is 0 Å². The molecule has 0 saturated heterocycles. The molecule has 0 heterocycles. The first kappa shape index (κ1) is 20.1. The van der Waals surface area contributed by atoms with Crippen molar-refractivity contribution in [1.82, 2.24) is 0 Å². The van der Waals surface area contributed by atoms with Crippen LogP contribution in [0.3, 0.4) is 0 Å². The average molecular weight is 388 g/mol. The van der Waals surface area contributed by atoms with E-state index >= 15 is 0 Å². The van der Waals surface area contributed by atoms with Gasteiger partial charge in [0.15, 0.2) is 0 Å². The molecule has 0 aromatic carbocycles. The fraction of sp³-hybridized carbons (Fsp3) is 0.833. The Hall–Kier alpha value is -1.16. The molecule has 3 unspecified atom stereocenters. The summed E-state index contributed by atoms with van der Waals surface area (Å²) in [4.78, 5) is 24.8. The van der Waals surface area contributed by atoms with Gasteiger partial charge in [-0.25, -0.2) is 0 Å². The number of esters is 1. The van der Waals surface area contributed by atoms with Crippen molar-refractivity contribution in [2.45, 2.75) is 78.2 Å². The highest BCUT2D eigenvalue weighted by Gasteiger charge is 2.61. The summed E-state index contributed by atoms with van der Waals surface area (Å²) in [5, 5.41) is 0. The van der Waals surface area contributed by atoms with Crippen molar-refractivity contribution in [3.05, 3.63) is 12.2 Å². The van der Waals surface area contributed by atoms with Gasteiger partial charge < -0.3 is 10.5 Å². The van der Waals surface area contributed by atoms with Gasteiger partial charge in [0.2, 0.25) is 0 Å². The van der Waals surface area contributed by atoms with Gasteiger partial charge in [-0.05, 0) is 74.0 Å². The van der Waals surface area contributed by atoms with Gasteiger partial charge in [0.1, 0.15) is 11.9 Å². The number of hydrogen-bond acceptors (Lipinski definition) is 4. The lowest BCUT2D eigenvalue weighted by molar-refractivity contribution is -0.161. The summed E-state index contributed by atoms with van der Waals surface area (Å²) in [6, 6.07) is 0. The molecule has 0 bridgehead atoms. The van der Waals surface area contributed by atoms with Crippen LogP contribution in [0.5, 0.6) is 0 Å². The summed E-state index contributed by atoms with van der Waals surface area (Å²) < 4.78 is 5.82. The van der Waals surface area contributed by atoms with Crippen LogP contribution in [0.1, 0.15) is 72.1 Å². The van der Waals surface area contributed by atoms with E-state index in [0.717, 1.165) is 44.9 Å². The first-order valence-corrected chi connectivity index (χ1v) is 11.3. The normalized spacial score (nSPS) is 46.4. The Morgan fingerprint density at radius 1 is 1.25 bits per heavy atom. The number of ether oxygens (including phenoxy) is 1. The Kier molecular flexibility index (Phi) is 5.01.